The van der Waals surface area contributed by atoms with Gasteiger partial charge in [0.1, 0.15) is 6.10 Å². The van der Waals surface area contributed by atoms with Gasteiger partial charge in [0.05, 0.1) is 30.6 Å². The van der Waals surface area contributed by atoms with E-state index < -0.39 is 18.4 Å². The second-order valence-corrected chi connectivity index (χ2v) is 6.17. The quantitative estimate of drug-likeness (QED) is 0.697. The van der Waals surface area contributed by atoms with Crippen LogP contribution in [0.4, 0.5) is 0 Å². The smallest absolute Gasteiger partial charge is 0.278 e. The van der Waals surface area contributed by atoms with Gasteiger partial charge in [-0.05, 0) is 5.75 Å². The van der Waals surface area contributed by atoms with E-state index in [1.54, 1.807) is 4.57 Å². The number of aliphatic hydroxyl groups is 2. The van der Waals surface area contributed by atoms with Crippen LogP contribution in [0.3, 0.4) is 0 Å². The van der Waals surface area contributed by atoms with Crippen molar-refractivity contribution in [1.82, 2.24) is 19.5 Å². The molecule has 1 aliphatic rings. The molecule has 3 rings (SSSR count). The number of fused-ring (bicyclic) bond motifs is 1. The number of hydrogen-bond acceptors (Lipinski definition) is 7. The molecule has 8 nitrogen and oxygen atoms in total. The minimum absolute atomic E-state index is 0.225. The number of aromatic nitrogens is 4. The summed E-state index contributed by atoms with van der Waals surface area (Å²) < 4.78 is 7.37. The molecule has 0 radical (unpaired) electrons. The van der Waals surface area contributed by atoms with Gasteiger partial charge in [-0.15, -0.1) is 0 Å². The van der Waals surface area contributed by atoms with E-state index in [1.165, 1.54) is 24.4 Å². The first-order valence-electron chi connectivity index (χ1n) is 6.63. The molecule has 9 heteroatoms. The second kappa shape index (κ2) is 5.76. The van der Waals surface area contributed by atoms with Crippen molar-refractivity contribution in [2.75, 3.05) is 12.4 Å². The highest BCUT2D eigenvalue weighted by Crippen LogP contribution is 2.38. The summed E-state index contributed by atoms with van der Waals surface area (Å²) in [7, 11) is 0. The van der Waals surface area contributed by atoms with Crippen LogP contribution in [0.1, 0.15) is 13.2 Å². The predicted molar refractivity (Wildman–Crippen MR) is 77.1 cm³/mol. The van der Waals surface area contributed by atoms with Crippen LogP contribution >= 0.6 is 11.8 Å². The van der Waals surface area contributed by atoms with Gasteiger partial charge in [-0.3, -0.25) is 9.36 Å². The van der Waals surface area contributed by atoms with Gasteiger partial charge in [0.2, 0.25) is 0 Å². The number of nitrogens with zero attached hydrogens (tertiary/aromatic N) is 3. The summed E-state index contributed by atoms with van der Waals surface area (Å²) in [5.74, 6) is 0.792. The lowest BCUT2D eigenvalue weighted by Crippen LogP contribution is -2.31. The van der Waals surface area contributed by atoms with Crippen molar-refractivity contribution in [3.05, 3.63) is 23.0 Å². The molecule has 0 amide bonds. The van der Waals surface area contributed by atoms with Gasteiger partial charge < -0.3 is 19.9 Å². The van der Waals surface area contributed by atoms with Gasteiger partial charge >= 0.3 is 0 Å². The number of rotatable bonds is 4. The summed E-state index contributed by atoms with van der Waals surface area (Å²) in [6.07, 6.45) is 0.816. The Hall–Kier alpha value is -1.42. The van der Waals surface area contributed by atoms with Gasteiger partial charge in [-0.25, -0.2) is 9.97 Å². The first-order chi connectivity index (χ1) is 10.2. The molecule has 4 atom stereocenters. The fourth-order valence-electron chi connectivity index (χ4n) is 2.51. The number of aromatic amines is 1. The van der Waals surface area contributed by atoms with Crippen molar-refractivity contribution in [3.63, 3.8) is 0 Å². The first kappa shape index (κ1) is 14.5. The zero-order valence-electron chi connectivity index (χ0n) is 11.3. The second-order valence-electron chi connectivity index (χ2n) is 4.71. The summed E-state index contributed by atoms with van der Waals surface area (Å²) in [4.78, 5) is 22.3. The van der Waals surface area contributed by atoms with Crippen molar-refractivity contribution in [1.29, 1.82) is 0 Å². The van der Waals surface area contributed by atoms with Crippen LogP contribution in [-0.2, 0) is 4.74 Å². The van der Waals surface area contributed by atoms with Crippen molar-refractivity contribution >= 4 is 22.9 Å². The molecule has 114 valence electrons. The van der Waals surface area contributed by atoms with Crippen molar-refractivity contribution in [2.24, 2.45) is 0 Å². The third-order valence-electron chi connectivity index (χ3n) is 3.49. The van der Waals surface area contributed by atoms with Crippen molar-refractivity contribution in [3.8, 4) is 0 Å². The average molecular weight is 312 g/mol. The number of hydrogen-bond donors (Lipinski definition) is 3. The van der Waals surface area contributed by atoms with Crippen LogP contribution < -0.4 is 5.56 Å². The monoisotopic (exact) mass is 312 g/mol. The molecule has 0 unspecified atom stereocenters. The van der Waals surface area contributed by atoms with Gasteiger partial charge in [0.25, 0.3) is 5.56 Å². The Morgan fingerprint density at radius 3 is 3.05 bits per heavy atom. The minimum Gasteiger partial charge on any atom is -0.394 e. The van der Waals surface area contributed by atoms with E-state index in [4.69, 9.17) is 4.74 Å². The first-order valence-corrected chi connectivity index (χ1v) is 7.68. The summed E-state index contributed by atoms with van der Waals surface area (Å²) >= 11 is 1.54. The highest BCUT2D eigenvalue weighted by Gasteiger charge is 2.44. The number of ether oxygens (including phenoxy) is 1. The number of imidazole rings is 1. The summed E-state index contributed by atoms with van der Waals surface area (Å²) in [5, 5.41) is 19.3. The molecular formula is C12H16N4O4S. The van der Waals surface area contributed by atoms with Crippen molar-refractivity contribution < 1.29 is 14.9 Å². The Kier molecular flexibility index (Phi) is 3.98. The zero-order valence-corrected chi connectivity index (χ0v) is 12.2. The Bertz CT molecular complexity index is 687. The van der Waals surface area contributed by atoms with Gasteiger partial charge in [-0.2, -0.15) is 11.8 Å². The zero-order chi connectivity index (χ0) is 15.0. The number of thioether (sulfide) groups is 1. The van der Waals surface area contributed by atoms with E-state index >= 15 is 0 Å². The topological polar surface area (TPSA) is 113 Å². The molecule has 0 saturated carbocycles. The molecule has 21 heavy (non-hydrogen) atoms. The molecule has 0 spiro atoms. The van der Waals surface area contributed by atoms with E-state index in [0.717, 1.165) is 5.75 Å². The third-order valence-corrected chi connectivity index (χ3v) is 4.72. The maximum absolute atomic E-state index is 11.7. The van der Waals surface area contributed by atoms with E-state index in [2.05, 4.69) is 15.0 Å². The highest BCUT2D eigenvalue weighted by atomic mass is 32.2. The van der Waals surface area contributed by atoms with E-state index in [0.29, 0.717) is 5.65 Å². The standard InChI is InChI=1S/C12H16N4O4S/c1-2-21-9-8(18)6(3-17)20-12(9)16-5-15-7-10(16)13-4-14-11(7)19/h4-6,8-9,12,17-18H,2-3H2,1H3,(H,13,14,19)/t6-,8+,9+,12-/m0/s1. The summed E-state index contributed by atoms with van der Waals surface area (Å²) in [5.41, 5.74) is 0.301. The number of nitrogens with one attached hydrogen (secondary N) is 1. The highest BCUT2D eigenvalue weighted by molar-refractivity contribution is 7.99. The number of aliphatic hydroxyl groups excluding tert-OH is 2. The minimum atomic E-state index is -0.788. The fourth-order valence-corrected chi connectivity index (χ4v) is 3.63. The SMILES string of the molecule is CCS[C@@H]1[C@H](O)[C@H](CO)O[C@@H]1n1cnc2c(=O)[nH]cnc21. The summed E-state index contributed by atoms with van der Waals surface area (Å²) in [6.45, 7) is 1.72. The maximum Gasteiger partial charge on any atom is 0.278 e. The van der Waals surface area contributed by atoms with Gasteiger partial charge in [0.15, 0.2) is 17.4 Å². The Balaban J connectivity index is 2.04. The lowest BCUT2D eigenvalue weighted by molar-refractivity contribution is -0.0430. The van der Waals surface area contributed by atoms with Crippen LogP contribution in [0.25, 0.3) is 11.2 Å². The molecule has 1 aliphatic heterocycles. The van der Waals surface area contributed by atoms with Gasteiger partial charge in [-0.1, -0.05) is 6.92 Å². The third kappa shape index (κ3) is 2.35. The molecular weight excluding hydrogens is 296 g/mol. The van der Waals surface area contributed by atoms with Gasteiger partial charge in [0, 0.05) is 0 Å². The molecule has 1 fully saturated rings. The predicted octanol–water partition coefficient (Wildman–Crippen LogP) is -0.508. The van der Waals surface area contributed by atoms with Crippen LogP contribution in [-0.4, -0.2) is 59.5 Å². The normalized spacial score (nSPS) is 29.3. The molecule has 1 saturated heterocycles. The van der Waals surface area contributed by atoms with E-state index in [-0.39, 0.29) is 22.9 Å². The van der Waals surface area contributed by atoms with Crippen LogP contribution in [0.15, 0.2) is 17.4 Å². The fraction of sp³-hybridized carbons (Fsp3) is 0.583. The Morgan fingerprint density at radius 1 is 1.52 bits per heavy atom. The molecule has 2 aromatic rings. The lowest BCUT2D eigenvalue weighted by atomic mass is 10.2. The van der Waals surface area contributed by atoms with Crippen LogP contribution in [0.2, 0.25) is 0 Å². The molecule has 2 aromatic heterocycles. The van der Waals surface area contributed by atoms with E-state index in [9.17, 15) is 15.0 Å². The average Bonchev–Trinajstić information content (AvgIpc) is 3.03. The Labute approximate surface area is 124 Å². The molecule has 0 bridgehead atoms. The summed E-state index contributed by atoms with van der Waals surface area (Å²) in [6, 6.07) is 0. The molecule has 0 aromatic carbocycles. The Morgan fingerprint density at radius 2 is 2.33 bits per heavy atom. The number of H-pyrrole nitrogens is 1. The molecule has 0 aliphatic carbocycles. The van der Waals surface area contributed by atoms with E-state index in [1.807, 2.05) is 6.92 Å². The van der Waals surface area contributed by atoms with Crippen molar-refractivity contribution in [2.45, 2.75) is 30.6 Å². The lowest BCUT2D eigenvalue weighted by Gasteiger charge is -2.20. The van der Waals surface area contributed by atoms with Crippen LogP contribution in [0, 0.1) is 0 Å². The maximum atomic E-state index is 11.7. The molecule has 3 heterocycles. The largest absolute Gasteiger partial charge is 0.394 e. The molecule has 3 N–H and O–H groups in total. The van der Waals surface area contributed by atoms with Crippen LogP contribution in [0.5, 0.6) is 0 Å².